The summed E-state index contributed by atoms with van der Waals surface area (Å²) in [7, 11) is 1.60. The third-order valence-corrected chi connectivity index (χ3v) is 4.26. The molecule has 2 aromatic rings. The summed E-state index contributed by atoms with van der Waals surface area (Å²) in [6.45, 7) is 2.43. The zero-order chi connectivity index (χ0) is 18.4. The number of hydrogen-bond acceptors (Lipinski definition) is 6. The predicted octanol–water partition coefficient (Wildman–Crippen LogP) is 1.69. The molecule has 3 rings (SSSR count). The standard InChI is InChI=1S/C19H20N4O3/c1-25-16-4-6-17(7-5-16)26-14-18(24)22-9-11-23(12-10-22)19-15(13-20)3-2-8-21-19/h2-8H,9-12,14H2,1H3. The molecule has 0 atom stereocenters. The first-order valence-corrected chi connectivity index (χ1v) is 8.36. The van der Waals surface area contributed by atoms with Crippen molar-refractivity contribution >= 4 is 11.7 Å². The number of hydrogen-bond donors (Lipinski definition) is 0. The third kappa shape index (κ3) is 4.03. The van der Waals surface area contributed by atoms with E-state index in [0.717, 1.165) is 5.75 Å². The number of aromatic nitrogens is 1. The van der Waals surface area contributed by atoms with Gasteiger partial charge in [0.05, 0.1) is 12.7 Å². The molecule has 2 heterocycles. The Morgan fingerprint density at radius 1 is 1.15 bits per heavy atom. The second kappa shape index (κ2) is 8.21. The van der Waals surface area contributed by atoms with Gasteiger partial charge in [0, 0.05) is 32.4 Å². The van der Waals surface area contributed by atoms with E-state index >= 15 is 0 Å². The molecule has 0 spiro atoms. The number of methoxy groups -OCH3 is 1. The van der Waals surface area contributed by atoms with Gasteiger partial charge in [0.25, 0.3) is 5.91 Å². The number of carbonyl (C=O) groups is 1. The van der Waals surface area contributed by atoms with E-state index < -0.39 is 0 Å². The molecule has 7 nitrogen and oxygen atoms in total. The Kier molecular flexibility index (Phi) is 5.54. The molecule has 1 aromatic carbocycles. The molecule has 0 unspecified atom stereocenters. The number of anilines is 1. The van der Waals surface area contributed by atoms with Gasteiger partial charge in [-0.1, -0.05) is 0 Å². The van der Waals surface area contributed by atoms with Crippen LogP contribution in [0.2, 0.25) is 0 Å². The maximum atomic E-state index is 12.4. The number of pyridine rings is 1. The first kappa shape index (κ1) is 17.5. The van der Waals surface area contributed by atoms with Crippen LogP contribution in [0.3, 0.4) is 0 Å². The Morgan fingerprint density at radius 3 is 2.50 bits per heavy atom. The second-order valence-electron chi connectivity index (χ2n) is 5.82. The monoisotopic (exact) mass is 352 g/mol. The largest absolute Gasteiger partial charge is 0.497 e. The summed E-state index contributed by atoms with van der Waals surface area (Å²) >= 11 is 0. The Morgan fingerprint density at radius 2 is 1.85 bits per heavy atom. The quantitative estimate of drug-likeness (QED) is 0.815. The molecule has 1 saturated heterocycles. The molecule has 7 heteroatoms. The maximum absolute atomic E-state index is 12.4. The number of carbonyl (C=O) groups excluding carboxylic acids is 1. The van der Waals surface area contributed by atoms with E-state index in [0.29, 0.717) is 43.3 Å². The number of benzene rings is 1. The molecule has 1 aliphatic heterocycles. The van der Waals surface area contributed by atoms with Gasteiger partial charge in [-0.2, -0.15) is 5.26 Å². The summed E-state index contributed by atoms with van der Waals surface area (Å²) in [5.74, 6) is 1.99. The van der Waals surface area contributed by atoms with Gasteiger partial charge in [0.15, 0.2) is 6.61 Å². The van der Waals surface area contributed by atoms with E-state index in [4.69, 9.17) is 9.47 Å². The molecule has 1 fully saturated rings. The molecule has 0 radical (unpaired) electrons. The molecular weight excluding hydrogens is 332 g/mol. The van der Waals surface area contributed by atoms with Crippen molar-refractivity contribution in [3.8, 4) is 17.6 Å². The van der Waals surface area contributed by atoms with Crippen molar-refractivity contribution < 1.29 is 14.3 Å². The lowest BCUT2D eigenvalue weighted by molar-refractivity contribution is -0.133. The fourth-order valence-electron chi connectivity index (χ4n) is 2.81. The van der Waals surface area contributed by atoms with Gasteiger partial charge < -0.3 is 19.3 Å². The average molecular weight is 352 g/mol. The maximum Gasteiger partial charge on any atom is 0.260 e. The topological polar surface area (TPSA) is 78.7 Å². The van der Waals surface area contributed by atoms with Crippen LogP contribution in [0, 0.1) is 11.3 Å². The third-order valence-electron chi connectivity index (χ3n) is 4.26. The van der Waals surface area contributed by atoms with Crippen LogP contribution < -0.4 is 14.4 Å². The number of rotatable bonds is 5. The molecule has 0 aliphatic carbocycles. The molecule has 1 aliphatic rings. The van der Waals surface area contributed by atoms with Gasteiger partial charge in [-0.25, -0.2) is 4.98 Å². The SMILES string of the molecule is COc1ccc(OCC(=O)N2CCN(c3ncccc3C#N)CC2)cc1. The lowest BCUT2D eigenvalue weighted by Gasteiger charge is -2.35. The molecule has 26 heavy (non-hydrogen) atoms. The lowest BCUT2D eigenvalue weighted by atomic mass is 10.2. The highest BCUT2D eigenvalue weighted by atomic mass is 16.5. The minimum atomic E-state index is -0.0537. The smallest absolute Gasteiger partial charge is 0.260 e. The van der Waals surface area contributed by atoms with Crippen molar-refractivity contribution in [1.82, 2.24) is 9.88 Å². The van der Waals surface area contributed by atoms with Crippen molar-refractivity contribution in [2.24, 2.45) is 0 Å². The lowest BCUT2D eigenvalue weighted by Crippen LogP contribution is -2.50. The molecule has 134 valence electrons. The van der Waals surface area contributed by atoms with Crippen molar-refractivity contribution in [2.75, 3.05) is 44.8 Å². The second-order valence-corrected chi connectivity index (χ2v) is 5.82. The highest BCUT2D eigenvalue weighted by molar-refractivity contribution is 5.78. The van der Waals surface area contributed by atoms with Crippen molar-refractivity contribution in [2.45, 2.75) is 0 Å². The minimum Gasteiger partial charge on any atom is -0.497 e. The van der Waals surface area contributed by atoms with Gasteiger partial charge >= 0.3 is 0 Å². The van der Waals surface area contributed by atoms with Crippen LogP contribution in [0.4, 0.5) is 5.82 Å². The molecular formula is C19H20N4O3. The highest BCUT2D eigenvalue weighted by Crippen LogP contribution is 2.19. The number of amides is 1. The summed E-state index contributed by atoms with van der Waals surface area (Å²) < 4.78 is 10.6. The summed E-state index contributed by atoms with van der Waals surface area (Å²) in [5.41, 5.74) is 0.551. The fourth-order valence-corrected chi connectivity index (χ4v) is 2.81. The number of ether oxygens (including phenoxy) is 2. The van der Waals surface area contributed by atoms with Crippen molar-refractivity contribution in [3.05, 3.63) is 48.2 Å². The fraction of sp³-hybridized carbons (Fsp3) is 0.316. The summed E-state index contributed by atoms with van der Waals surface area (Å²) in [5, 5.41) is 9.19. The highest BCUT2D eigenvalue weighted by Gasteiger charge is 2.23. The summed E-state index contributed by atoms with van der Waals surface area (Å²) in [4.78, 5) is 20.5. The number of nitriles is 1. The van der Waals surface area contributed by atoms with E-state index in [1.165, 1.54) is 0 Å². The van der Waals surface area contributed by atoms with Crippen LogP contribution >= 0.6 is 0 Å². The number of nitrogens with zero attached hydrogens (tertiary/aromatic N) is 4. The zero-order valence-electron chi connectivity index (χ0n) is 14.6. The number of piperazine rings is 1. The average Bonchev–Trinajstić information content (AvgIpc) is 2.72. The van der Waals surface area contributed by atoms with Crippen LogP contribution in [0.15, 0.2) is 42.6 Å². The predicted molar refractivity (Wildman–Crippen MR) is 96.2 cm³/mol. The Bertz CT molecular complexity index is 793. The van der Waals surface area contributed by atoms with Crippen LogP contribution in [0.5, 0.6) is 11.5 Å². The van der Waals surface area contributed by atoms with E-state index in [1.807, 2.05) is 4.90 Å². The Balaban J connectivity index is 1.51. The molecule has 0 N–H and O–H groups in total. The van der Waals surface area contributed by atoms with Crippen LogP contribution in [-0.4, -0.2) is 55.7 Å². The molecule has 1 aromatic heterocycles. The Hall–Kier alpha value is -3.27. The van der Waals surface area contributed by atoms with E-state index in [1.54, 1.807) is 54.6 Å². The zero-order valence-corrected chi connectivity index (χ0v) is 14.6. The van der Waals surface area contributed by atoms with E-state index in [2.05, 4.69) is 11.1 Å². The minimum absolute atomic E-state index is 0.000634. The van der Waals surface area contributed by atoms with Crippen LogP contribution in [0.25, 0.3) is 0 Å². The van der Waals surface area contributed by atoms with Gasteiger partial charge in [-0.3, -0.25) is 4.79 Å². The molecule has 0 bridgehead atoms. The molecule has 1 amide bonds. The van der Waals surface area contributed by atoms with Crippen molar-refractivity contribution in [3.63, 3.8) is 0 Å². The first-order valence-electron chi connectivity index (χ1n) is 8.36. The van der Waals surface area contributed by atoms with Gasteiger partial charge in [0.1, 0.15) is 23.4 Å². The summed E-state index contributed by atoms with van der Waals surface area (Å²) in [6, 6.07) is 12.8. The van der Waals surface area contributed by atoms with Crippen LogP contribution in [-0.2, 0) is 4.79 Å². The Labute approximate surface area is 152 Å². The normalized spacial score (nSPS) is 13.8. The van der Waals surface area contributed by atoms with Crippen LogP contribution in [0.1, 0.15) is 5.56 Å². The first-order chi connectivity index (χ1) is 12.7. The molecule has 0 saturated carbocycles. The van der Waals surface area contributed by atoms with Crippen molar-refractivity contribution in [1.29, 1.82) is 5.26 Å². The van der Waals surface area contributed by atoms with E-state index in [9.17, 15) is 10.1 Å². The summed E-state index contributed by atoms with van der Waals surface area (Å²) in [6.07, 6.45) is 1.68. The van der Waals surface area contributed by atoms with Gasteiger partial charge in [-0.15, -0.1) is 0 Å². The van der Waals surface area contributed by atoms with Gasteiger partial charge in [0.2, 0.25) is 0 Å². The van der Waals surface area contributed by atoms with Gasteiger partial charge in [-0.05, 0) is 36.4 Å². The van der Waals surface area contributed by atoms with E-state index in [-0.39, 0.29) is 12.5 Å².